The first-order chi connectivity index (χ1) is 15.3. The summed E-state index contributed by atoms with van der Waals surface area (Å²) in [7, 11) is 0. The van der Waals surface area contributed by atoms with E-state index in [4.69, 9.17) is 4.74 Å². The van der Waals surface area contributed by atoms with Crippen molar-refractivity contribution in [3.05, 3.63) is 42.2 Å². The zero-order valence-corrected chi connectivity index (χ0v) is 19.8. The molecule has 0 bridgehead atoms. The molecule has 3 rings (SSSR count). The third kappa shape index (κ3) is 8.27. The molecule has 0 radical (unpaired) electrons. The Hall–Kier alpha value is -1.90. The van der Waals surface area contributed by atoms with Crippen molar-refractivity contribution in [3.63, 3.8) is 0 Å². The van der Waals surface area contributed by atoms with Crippen molar-refractivity contribution < 1.29 is 4.74 Å². The molecule has 1 aliphatic rings. The van der Waals surface area contributed by atoms with Gasteiger partial charge in [0.2, 0.25) is 0 Å². The highest BCUT2D eigenvalue weighted by molar-refractivity contribution is 5.55. The van der Waals surface area contributed by atoms with Gasteiger partial charge in [0.25, 0.3) is 0 Å². The van der Waals surface area contributed by atoms with E-state index in [0.717, 1.165) is 48.4 Å². The van der Waals surface area contributed by atoms with Gasteiger partial charge in [-0.25, -0.2) is 9.97 Å². The molecule has 0 atom stereocenters. The van der Waals surface area contributed by atoms with Crippen LogP contribution >= 0.6 is 0 Å². The van der Waals surface area contributed by atoms with Crippen molar-refractivity contribution in [2.45, 2.75) is 97.3 Å². The van der Waals surface area contributed by atoms with Crippen molar-refractivity contribution in [2.24, 2.45) is 11.8 Å². The number of unbranched alkanes of at least 4 members (excludes halogenated alkanes) is 4. The second-order valence-electron chi connectivity index (χ2n) is 9.39. The molecule has 0 unspecified atom stereocenters. The average molecular weight is 423 g/mol. The smallest absolute Gasteiger partial charge is 0.159 e. The van der Waals surface area contributed by atoms with Crippen LogP contribution in [0.4, 0.5) is 0 Å². The summed E-state index contributed by atoms with van der Waals surface area (Å²) in [6, 6.07) is 8.24. The van der Waals surface area contributed by atoms with Gasteiger partial charge >= 0.3 is 0 Å². The minimum Gasteiger partial charge on any atom is -0.494 e. The van der Waals surface area contributed by atoms with Crippen LogP contribution < -0.4 is 4.74 Å². The fourth-order valence-corrected chi connectivity index (χ4v) is 4.76. The first-order valence-corrected chi connectivity index (χ1v) is 12.8. The Morgan fingerprint density at radius 1 is 0.806 bits per heavy atom. The maximum Gasteiger partial charge on any atom is 0.159 e. The predicted octanol–water partition coefficient (Wildman–Crippen LogP) is 8.03. The molecular formula is C28H42N2O. The van der Waals surface area contributed by atoms with E-state index in [1.165, 1.54) is 76.2 Å². The number of rotatable bonds is 13. The molecular weight excluding hydrogens is 380 g/mol. The van der Waals surface area contributed by atoms with Gasteiger partial charge in [-0.1, -0.05) is 71.6 Å². The summed E-state index contributed by atoms with van der Waals surface area (Å²) in [5.41, 5.74) is 2.29. The van der Waals surface area contributed by atoms with E-state index >= 15 is 0 Å². The lowest BCUT2D eigenvalue weighted by Gasteiger charge is -2.27. The van der Waals surface area contributed by atoms with Crippen LogP contribution in [0.3, 0.4) is 0 Å². The number of hydrogen-bond donors (Lipinski definition) is 0. The van der Waals surface area contributed by atoms with E-state index in [2.05, 4.69) is 35.9 Å². The number of hydrogen-bond acceptors (Lipinski definition) is 3. The Balaban J connectivity index is 1.36. The minimum atomic E-state index is 0.795. The molecule has 0 amide bonds. The van der Waals surface area contributed by atoms with Crippen LogP contribution in [0.15, 0.2) is 36.7 Å². The van der Waals surface area contributed by atoms with Crippen LogP contribution in [-0.2, 0) is 6.42 Å². The summed E-state index contributed by atoms with van der Waals surface area (Å²) in [5, 5.41) is 0. The summed E-state index contributed by atoms with van der Waals surface area (Å²) in [5.74, 6) is 3.65. The molecule has 0 aliphatic heterocycles. The highest BCUT2D eigenvalue weighted by Crippen LogP contribution is 2.33. The van der Waals surface area contributed by atoms with Crippen molar-refractivity contribution >= 4 is 0 Å². The topological polar surface area (TPSA) is 35.0 Å². The van der Waals surface area contributed by atoms with Crippen LogP contribution in [0.1, 0.15) is 96.5 Å². The number of aryl methyl sites for hydroxylation is 1. The largest absolute Gasteiger partial charge is 0.494 e. The summed E-state index contributed by atoms with van der Waals surface area (Å²) >= 11 is 0. The van der Waals surface area contributed by atoms with Gasteiger partial charge in [-0.05, 0) is 67.3 Å². The van der Waals surface area contributed by atoms with Crippen LogP contribution in [0.25, 0.3) is 11.4 Å². The van der Waals surface area contributed by atoms with Crippen LogP contribution in [0, 0.1) is 11.8 Å². The Bertz CT molecular complexity index is 718. The van der Waals surface area contributed by atoms with E-state index in [0.29, 0.717) is 0 Å². The third-order valence-electron chi connectivity index (χ3n) is 6.96. The van der Waals surface area contributed by atoms with Gasteiger partial charge in [0, 0.05) is 18.0 Å². The van der Waals surface area contributed by atoms with Gasteiger partial charge in [0.05, 0.1) is 6.61 Å². The van der Waals surface area contributed by atoms with Crippen molar-refractivity contribution in [1.29, 1.82) is 0 Å². The molecule has 1 aromatic carbocycles. The standard InChI is InChI=1S/C28H42N2O/c1-3-5-6-7-8-10-25-21-29-28(30-22-25)26-16-18-27(19-17-26)31-20-9-11-24-14-12-23(4-2)13-15-24/h16-19,21-24H,3-15,20H2,1-2H3. The van der Waals surface area contributed by atoms with E-state index in [9.17, 15) is 0 Å². The molecule has 1 aliphatic carbocycles. The van der Waals surface area contributed by atoms with Gasteiger partial charge < -0.3 is 4.74 Å². The lowest BCUT2D eigenvalue weighted by molar-refractivity contribution is 0.234. The van der Waals surface area contributed by atoms with E-state index in [1.807, 2.05) is 24.5 Å². The fraction of sp³-hybridized carbons (Fsp3) is 0.643. The molecule has 0 N–H and O–H groups in total. The molecule has 170 valence electrons. The highest BCUT2D eigenvalue weighted by Gasteiger charge is 2.19. The predicted molar refractivity (Wildman–Crippen MR) is 130 cm³/mol. The molecule has 1 aromatic heterocycles. The molecule has 3 nitrogen and oxygen atoms in total. The molecule has 3 heteroatoms. The Morgan fingerprint density at radius 2 is 1.48 bits per heavy atom. The summed E-state index contributed by atoms with van der Waals surface area (Å²) in [6.07, 6.45) is 21.1. The van der Waals surface area contributed by atoms with Gasteiger partial charge in [-0.2, -0.15) is 0 Å². The van der Waals surface area contributed by atoms with Crippen molar-refractivity contribution in [2.75, 3.05) is 6.61 Å². The fourth-order valence-electron chi connectivity index (χ4n) is 4.76. The lowest BCUT2D eigenvalue weighted by atomic mass is 9.79. The van der Waals surface area contributed by atoms with Crippen LogP contribution in [-0.4, -0.2) is 16.6 Å². The molecule has 1 heterocycles. The zero-order chi connectivity index (χ0) is 21.7. The number of nitrogens with zero attached hydrogens (tertiary/aromatic N) is 2. The zero-order valence-electron chi connectivity index (χ0n) is 19.8. The third-order valence-corrected chi connectivity index (χ3v) is 6.96. The van der Waals surface area contributed by atoms with Crippen LogP contribution in [0.5, 0.6) is 5.75 Å². The molecule has 1 fully saturated rings. The second kappa shape index (κ2) is 13.5. The van der Waals surface area contributed by atoms with E-state index in [1.54, 1.807) is 0 Å². The summed E-state index contributed by atoms with van der Waals surface area (Å²) in [6.45, 7) is 5.41. The van der Waals surface area contributed by atoms with E-state index < -0.39 is 0 Å². The quantitative estimate of drug-likeness (QED) is 0.306. The first kappa shape index (κ1) is 23.8. The normalized spacial score (nSPS) is 18.8. The van der Waals surface area contributed by atoms with E-state index in [-0.39, 0.29) is 0 Å². The lowest BCUT2D eigenvalue weighted by Crippen LogP contribution is -2.14. The molecule has 1 saturated carbocycles. The Labute approximate surface area is 190 Å². The van der Waals surface area contributed by atoms with Gasteiger partial charge in [0.15, 0.2) is 5.82 Å². The SMILES string of the molecule is CCCCCCCc1cnc(-c2ccc(OCCCC3CCC(CC)CC3)cc2)nc1. The number of aromatic nitrogens is 2. The molecule has 0 spiro atoms. The van der Waals surface area contributed by atoms with Gasteiger partial charge in [-0.3, -0.25) is 0 Å². The minimum absolute atomic E-state index is 0.795. The number of benzene rings is 1. The van der Waals surface area contributed by atoms with Gasteiger partial charge in [0.1, 0.15) is 5.75 Å². The summed E-state index contributed by atoms with van der Waals surface area (Å²) in [4.78, 5) is 9.16. The number of ether oxygens (including phenoxy) is 1. The second-order valence-corrected chi connectivity index (χ2v) is 9.39. The first-order valence-electron chi connectivity index (χ1n) is 12.8. The average Bonchev–Trinajstić information content (AvgIpc) is 2.83. The summed E-state index contributed by atoms with van der Waals surface area (Å²) < 4.78 is 5.98. The molecule has 31 heavy (non-hydrogen) atoms. The Kier molecular flexibility index (Phi) is 10.3. The highest BCUT2D eigenvalue weighted by atomic mass is 16.5. The Morgan fingerprint density at radius 3 is 2.16 bits per heavy atom. The monoisotopic (exact) mass is 422 g/mol. The van der Waals surface area contributed by atoms with Crippen LogP contribution in [0.2, 0.25) is 0 Å². The maximum atomic E-state index is 5.98. The molecule has 0 saturated heterocycles. The van der Waals surface area contributed by atoms with Gasteiger partial charge in [-0.15, -0.1) is 0 Å². The maximum absolute atomic E-state index is 5.98. The van der Waals surface area contributed by atoms with Crippen molar-refractivity contribution in [3.8, 4) is 17.1 Å². The van der Waals surface area contributed by atoms with Crippen molar-refractivity contribution in [1.82, 2.24) is 9.97 Å². The molecule has 2 aromatic rings.